The van der Waals surface area contributed by atoms with Crippen LogP contribution in [0.5, 0.6) is 0 Å². The number of rotatable bonds is 8. The van der Waals surface area contributed by atoms with Gasteiger partial charge >= 0.3 is 11.9 Å². The fraction of sp³-hybridized carbons (Fsp3) is 0.467. The van der Waals surface area contributed by atoms with Gasteiger partial charge in [-0.1, -0.05) is 24.6 Å². The molecule has 0 bridgehead atoms. The van der Waals surface area contributed by atoms with Crippen LogP contribution in [0.3, 0.4) is 0 Å². The summed E-state index contributed by atoms with van der Waals surface area (Å²) in [6.45, 7) is 4.11. The van der Waals surface area contributed by atoms with E-state index in [0.717, 1.165) is 0 Å². The number of halogens is 1. The lowest BCUT2D eigenvalue weighted by molar-refractivity contribution is -0.143. The Morgan fingerprint density at radius 3 is 2.62 bits per heavy atom. The Bertz CT molecular complexity index is 492. The maximum absolute atomic E-state index is 11.5. The van der Waals surface area contributed by atoms with Crippen LogP contribution in [0.4, 0.5) is 5.69 Å². The molecule has 0 aromatic heterocycles. The molecular weight excluding hydrogens is 294 g/mol. The van der Waals surface area contributed by atoms with E-state index in [9.17, 15) is 14.7 Å². The summed E-state index contributed by atoms with van der Waals surface area (Å²) in [5.41, 5.74) is 0.682. The van der Waals surface area contributed by atoms with Crippen LogP contribution in [0.2, 0.25) is 5.02 Å². The van der Waals surface area contributed by atoms with Gasteiger partial charge in [0.25, 0.3) is 0 Å². The minimum absolute atomic E-state index is 0.129. The Kier molecular flexibility index (Phi) is 7.02. The predicted octanol–water partition coefficient (Wildman–Crippen LogP) is 2.96. The van der Waals surface area contributed by atoms with Crippen molar-refractivity contribution in [2.75, 3.05) is 18.1 Å². The molecule has 6 heteroatoms. The molecule has 1 aromatic rings. The van der Waals surface area contributed by atoms with Crippen molar-refractivity contribution < 1.29 is 19.4 Å². The van der Waals surface area contributed by atoms with E-state index >= 15 is 0 Å². The fourth-order valence-corrected chi connectivity index (χ4v) is 2.28. The summed E-state index contributed by atoms with van der Waals surface area (Å²) >= 11 is 5.96. The summed E-state index contributed by atoms with van der Waals surface area (Å²) in [6, 6.07) is 6.24. The SMILES string of the molecule is CCOC(=O)CCN(c1cccc(Cl)c1)C(CC)C(=O)O. The number of benzene rings is 1. The van der Waals surface area contributed by atoms with E-state index < -0.39 is 12.0 Å². The molecule has 1 N–H and O–H groups in total. The Balaban J connectivity index is 2.94. The van der Waals surface area contributed by atoms with Crippen molar-refractivity contribution in [3.05, 3.63) is 29.3 Å². The number of ether oxygens (including phenoxy) is 1. The molecule has 0 radical (unpaired) electrons. The number of hydrogen-bond acceptors (Lipinski definition) is 4. The minimum Gasteiger partial charge on any atom is -0.480 e. The second kappa shape index (κ2) is 8.52. The average molecular weight is 314 g/mol. The Labute approximate surface area is 129 Å². The zero-order valence-electron chi connectivity index (χ0n) is 12.2. The molecule has 0 amide bonds. The molecule has 1 rings (SSSR count). The molecule has 1 atom stereocenters. The van der Waals surface area contributed by atoms with Gasteiger partial charge in [-0.05, 0) is 31.5 Å². The predicted molar refractivity (Wildman–Crippen MR) is 81.8 cm³/mol. The minimum atomic E-state index is -0.929. The highest BCUT2D eigenvalue weighted by molar-refractivity contribution is 6.30. The van der Waals surface area contributed by atoms with Crippen molar-refractivity contribution in [1.82, 2.24) is 0 Å². The number of carboxylic acid groups (broad SMARTS) is 1. The van der Waals surface area contributed by atoms with Gasteiger partial charge in [-0.2, -0.15) is 0 Å². The van der Waals surface area contributed by atoms with E-state index in [1.165, 1.54) is 0 Å². The lowest BCUT2D eigenvalue weighted by atomic mass is 10.1. The van der Waals surface area contributed by atoms with Crippen LogP contribution in [0.1, 0.15) is 26.7 Å². The molecule has 0 fully saturated rings. The highest BCUT2D eigenvalue weighted by Gasteiger charge is 2.25. The average Bonchev–Trinajstić information content (AvgIpc) is 2.43. The number of carboxylic acids is 1. The first-order chi connectivity index (χ1) is 9.99. The third kappa shape index (κ3) is 5.27. The highest BCUT2D eigenvalue weighted by Crippen LogP contribution is 2.23. The van der Waals surface area contributed by atoms with Gasteiger partial charge in [0, 0.05) is 17.3 Å². The molecule has 0 spiro atoms. The largest absolute Gasteiger partial charge is 0.480 e. The monoisotopic (exact) mass is 313 g/mol. The maximum atomic E-state index is 11.5. The van der Waals surface area contributed by atoms with E-state index in [4.69, 9.17) is 16.3 Å². The van der Waals surface area contributed by atoms with E-state index in [-0.39, 0.29) is 18.9 Å². The number of anilines is 1. The van der Waals surface area contributed by atoms with Gasteiger partial charge in [-0.3, -0.25) is 4.79 Å². The zero-order valence-corrected chi connectivity index (χ0v) is 13.0. The summed E-state index contributed by atoms with van der Waals surface area (Å²) in [6.07, 6.45) is 0.550. The third-order valence-corrected chi connectivity index (χ3v) is 3.29. The van der Waals surface area contributed by atoms with Crippen LogP contribution in [0.25, 0.3) is 0 Å². The lowest BCUT2D eigenvalue weighted by Gasteiger charge is -2.30. The molecule has 21 heavy (non-hydrogen) atoms. The first-order valence-electron chi connectivity index (χ1n) is 6.90. The summed E-state index contributed by atoms with van der Waals surface area (Å²) in [5.74, 6) is -1.27. The van der Waals surface area contributed by atoms with Crippen LogP contribution < -0.4 is 4.90 Å². The van der Waals surface area contributed by atoms with E-state index in [1.807, 2.05) is 0 Å². The van der Waals surface area contributed by atoms with Crippen molar-refractivity contribution in [3.8, 4) is 0 Å². The molecule has 0 aliphatic heterocycles. The molecular formula is C15H20ClNO4. The normalized spacial score (nSPS) is 11.8. The third-order valence-electron chi connectivity index (χ3n) is 3.05. The summed E-state index contributed by atoms with van der Waals surface area (Å²) < 4.78 is 4.89. The van der Waals surface area contributed by atoms with Crippen LogP contribution >= 0.6 is 11.6 Å². The van der Waals surface area contributed by atoms with E-state index in [2.05, 4.69) is 0 Å². The number of aliphatic carboxylic acids is 1. The van der Waals surface area contributed by atoms with Crippen LogP contribution in [-0.2, 0) is 14.3 Å². The number of hydrogen-bond donors (Lipinski definition) is 1. The van der Waals surface area contributed by atoms with E-state index in [0.29, 0.717) is 23.7 Å². The lowest BCUT2D eigenvalue weighted by Crippen LogP contribution is -2.42. The van der Waals surface area contributed by atoms with Gasteiger partial charge in [0.2, 0.25) is 0 Å². The maximum Gasteiger partial charge on any atom is 0.326 e. The van der Waals surface area contributed by atoms with Gasteiger partial charge in [-0.25, -0.2) is 4.79 Å². The molecule has 1 unspecified atom stereocenters. The number of carbonyl (C=O) groups is 2. The first-order valence-corrected chi connectivity index (χ1v) is 7.28. The van der Waals surface area contributed by atoms with Crippen molar-refractivity contribution in [3.63, 3.8) is 0 Å². The van der Waals surface area contributed by atoms with Crippen molar-refractivity contribution in [2.45, 2.75) is 32.7 Å². The summed E-state index contributed by atoms with van der Waals surface area (Å²) in [5, 5.41) is 9.87. The van der Waals surface area contributed by atoms with Crippen LogP contribution in [0.15, 0.2) is 24.3 Å². The Morgan fingerprint density at radius 2 is 2.10 bits per heavy atom. The molecule has 0 heterocycles. The van der Waals surface area contributed by atoms with Gasteiger partial charge in [-0.15, -0.1) is 0 Å². The van der Waals surface area contributed by atoms with Crippen molar-refractivity contribution in [1.29, 1.82) is 0 Å². The molecule has 0 saturated heterocycles. The molecule has 0 aliphatic rings. The van der Waals surface area contributed by atoms with Crippen molar-refractivity contribution in [2.24, 2.45) is 0 Å². The second-order valence-electron chi connectivity index (χ2n) is 4.49. The number of nitrogens with zero attached hydrogens (tertiary/aromatic N) is 1. The van der Waals surface area contributed by atoms with Gasteiger partial charge in [0.05, 0.1) is 13.0 Å². The second-order valence-corrected chi connectivity index (χ2v) is 4.93. The van der Waals surface area contributed by atoms with Gasteiger partial charge in [0.15, 0.2) is 0 Å². The standard InChI is InChI=1S/C15H20ClNO4/c1-3-13(15(19)20)17(9-8-14(18)21-4-2)12-7-5-6-11(16)10-12/h5-7,10,13H,3-4,8-9H2,1-2H3,(H,19,20). The smallest absolute Gasteiger partial charge is 0.326 e. The zero-order chi connectivity index (χ0) is 15.8. The van der Waals surface area contributed by atoms with Gasteiger partial charge < -0.3 is 14.7 Å². The quantitative estimate of drug-likeness (QED) is 0.747. The molecule has 5 nitrogen and oxygen atoms in total. The topological polar surface area (TPSA) is 66.8 Å². The Morgan fingerprint density at radius 1 is 1.38 bits per heavy atom. The molecule has 0 saturated carbocycles. The number of carbonyl (C=O) groups excluding carboxylic acids is 1. The highest BCUT2D eigenvalue weighted by atomic mass is 35.5. The number of esters is 1. The molecule has 0 aliphatic carbocycles. The first kappa shape index (κ1) is 17.3. The summed E-state index contributed by atoms with van der Waals surface area (Å²) in [4.78, 5) is 24.6. The molecule has 116 valence electrons. The summed E-state index contributed by atoms with van der Waals surface area (Å²) in [7, 11) is 0. The van der Waals surface area contributed by atoms with Crippen LogP contribution in [0, 0.1) is 0 Å². The Hall–Kier alpha value is -1.75. The van der Waals surface area contributed by atoms with Gasteiger partial charge in [0.1, 0.15) is 6.04 Å². The van der Waals surface area contributed by atoms with Crippen molar-refractivity contribution >= 4 is 29.2 Å². The molecule has 1 aromatic carbocycles. The fourth-order valence-electron chi connectivity index (χ4n) is 2.09. The van der Waals surface area contributed by atoms with E-state index in [1.54, 1.807) is 43.0 Å². The van der Waals surface area contributed by atoms with Crippen LogP contribution in [-0.4, -0.2) is 36.2 Å².